The average Bonchev–Trinajstić information content (AvgIpc) is 2.02. The molecule has 2 N–H and O–H groups in total. The van der Waals surface area contributed by atoms with Gasteiger partial charge >= 0.3 is 0 Å². The number of rotatable bonds is 6. The third kappa shape index (κ3) is 5.24. The summed E-state index contributed by atoms with van der Waals surface area (Å²) in [6.07, 6.45) is 0.987. The number of hydrogen-bond donors (Lipinski definition) is 2. The maximum absolute atomic E-state index is 9.26. The van der Waals surface area contributed by atoms with Gasteiger partial charge in [-0.15, -0.1) is 0 Å². The molecule has 0 aliphatic rings. The molecule has 0 aromatic carbocycles. The zero-order valence-corrected chi connectivity index (χ0v) is 9.42. The topological polar surface area (TPSA) is 41.5 Å². The van der Waals surface area contributed by atoms with Crippen LogP contribution in [0.1, 0.15) is 34.1 Å². The maximum Gasteiger partial charge on any atom is 0.0611 e. The Morgan fingerprint density at radius 3 is 2.23 bits per heavy atom. The van der Waals surface area contributed by atoms with Gasteiger partial charge in [0.05, 0.1) is 12.7 Å². The lowest BCUT2D eigenvalue weighted by Crippen LogP contribution is -2.50. The van der Waals surface area contributed by atoms with Crippen molar-refractivity contribution in [1.29, 1.82) is 0 Å². The van der Waals surface area contributed by atoms with Crippen LogP contribution in [0.2, 0.25) is 0 Å². The van der Waals surface area contributed by atoms with E-state index < -0.39 is 0 Å². The third-order valence-electron chi connectivity index (χ3n) is 2.13. The van der Waals surface area contributed by atoms with Gasteiger partial charge in [0.2, 0.25) is 0 Å². The van der Waals surface area contributed by atoms with E-state index in [9.17, 15) is 5.11 Å². The summed E-state index contributed by atoms with van der Waals surface area (Å²) < 4.78 is 5.18. The molecule has 0 aromatic heterocycles. The van der Waals surface area contributed by atoms with Crippen LogP contribution in [0.25, 0.3) is 0 Å². The fourth-order valence-corrected chi connectivity index (χ4v) is 1.58. The Morgan fingerprint density at radius 2 is 1.92 bits per heavy atom. The number of nitrogens with one attached hydrogen (secondary N) is 1. The molecule has 0 radical (unpaired) electrons. The summed E-state index contributed by atoms with van der Waals surface area (Å²) in [5, 5.41) is 12.6. The molecule has 0 aliphatic carbocycles. The van der Waals surface area contributed by atoms with E-state index in [-0.39, 0.29) is 18.2 Å². The van der Waals surface area contributed by atoms with Crippen LogP contribution in [0.5, 0.6) is 0 Å². The van der Waals surface area contributed by atoms with Gasteiger partial charge in [0.1, 0.15) is 0 Å². The lowest BCUT2D eigenvalue weighted by molar-refractivity contribution is 0.0584. The summed E-state index contributed by atoms with van der Waals surface area (Å²) in [6.45, 7) is 8.31. The first-order valence-corrected chi connectivity index (χ1v) is 4.85. The van der Waals surface area contributed by atoms with Crippen molar-refractivity contribution in [2.45, 2.75) is 51.8 Å². The Bertz CT molecular complexity index is 139. The van der Waals surface area contributed by atoms with E-state index in [1.54, 1.807) is 7.11 Å². The minimum absolute atomic E-state index is 0.138. The molecule has 2 atom stereocenters. The molecule has 0 saturated heterocycles. The predicted molar refractivity (Wildman–Crippen MR) is 54.9 cm³/mol. The maximum atomic E-state index is 9.26. The van der Waals surface area contributed by atoms with Gasteiger partial charge in [0.25, 0.3) is 0 Å². The van der Waals surface area contributed by atoms with Gasteiger partial charge in [0.15, 0.2) is 0 Å². The van der Waals surface area contributed by atoms with E-state index in [2.05, 4.69) is 19.2 Å². The molecular weight excluding hydrogens is 166 g/mol. The highest BCUT2D eigenvalue weighted by Crippen LogP contribution is 2.14. The highest BCUT2D eigenvalue weighted by Gasteiger charge is 2.26. The monoisotopic (exact) mass is 189 g/mol. The molecule has 2 unspecified atom stereocenters. The van der Waals surface area contributed by atoms with E-state index >= 15 is 0 Å². The summed E-state index contributed by atoms with van der Waals surface area (Å²) >= 11 is 0. The molecule has 0 fully saturated rings. The summed E-state index contributed by atoms with van der Waals surface area (Å²) in [7, 11) is 1.69. The van der Waals surface area contributed by atoms with Gasteiger partial charge in [-0.1, -0.05) is 13.8 Å². The van der Waals surface area contributed by atoms with Crippen molar-refractivity contribution in [1.82, 2.24) is 5.32 Å². The molecule has 0 aliphatic heterocycles. The molecule has 80 valence electrons. The van der Waals surface area contributed by atoms with Crippen LogP contribution in [0, 0.1) is 0 Å². The van der Waals surface area contributed by atoms with Crippen molar-refractivity contribution in [2.24, 2.45) is 0 Å². The Kier molecular flexibility index (Phi) is 5.53. The molecule has 0 heterocycles. The van der Waals surface area contributed by atoms with Crippen LogP contribution < -0.4 is 5.32 Å². The zero-order chi connectivity index (χ0) is 10.5. The van der Waals surface area contributed by atoms with Crippen molar-refractivity contribution < 1.29 is 9.84 Å². The number of ether oxygens (including phenoxy) is 1. The Hall–Kier alpha value is -0.120. The SMILES string of the molecule is COC(C)CC(C)(CO)NC(C)C. The largest absolute Gasteiger partial charge is 0.394 e. The first-order valence-electron chi connectivity index (χ1n) is 4.85. The molecule has 0 saturated carbocycles. The van der Waals surface area contributed by atoms with Gasteiger partial charge in [-0.05, 0) is 20.3 Å². The van der Waals surface area contributed by atoms with Crippen molar-refractivity contribution >= 4 is 0 Å². The minimum atomic E-state index is -0.233. The van der Waals surface area contributed by atoms with E-state index in [0.717, 1.165) is 6.42 Å². The van der Waals surface area contributed by atoms with Gasteiger partial charge in [-0.3, -0.25) is 0 Å². The Labute approximate surface area is 81.5 Å². The summed E-state index contributed by atoms with van der Waals surface area (Å²) in [5.41, 5.74) is -0.233. The van der Waals surface area contributed by atoms with E-state index in [4.69, 9.17) is 4.74 Å². The van der Waals surface area contributed by atoms with E-state index in [0.29, 0.717) is 6.04 Å². The molecule has 3 heteroatoms. The van der Waals surface area contributed by atoms with Gasteiger partial charge in [0, 0.05) is 18.7 Å². The van der Waals surface area contributed by atoms with Crippen LogP contribution in [-0.4, -0.2) is 36.5 Å². The molecule has 13 heavy (non-hydrogen) atoms. The van der Waals surface area contributed by atoms with Crippen molar-refractivity contribution in [3.05, 3.63) is 0 Å². The van der Waals surface area contributed by atoms with Crippen LogP contribution >= 0.6 is 0 Å². The number of methoxy groups -OCH3 is 1. The smallest absolute Gasteiger partial charge is 0.0611 e. The van der Waals surface area contributed by atoms with E-state index in [1.165, 1.54) is 0 Å². The van der Waals surface area contributed by atoms with Crippen molar-refractivity contribution in [3.63, 3.8) is 0 Å². The lowest BCUT2D eigenvalue weighted by Gasteiger charge is -2.33. The van der Waals surface area contributed by atoms with E-state index in [1.807, 2.05) is 13.8 Å². The first kappa shape index (κ1) is 12.9. The summed E-state index contributed by atoms with van der Waals surface area (Å²) in [4.78, 5) is 0. The molecule has 0 bridgehead atoms. The second-order valence-electron chi connectivity index (χ2n) is 4.27. The molecule has 0 rings (SSSR count). The molecule has 3 nitrogen and oxygen atoms in total. The second-order valence-corrected chi connectivity index (χ2v) is 4.27. The fourth-order valence-electron chi connectivity index (χ4n) is 1.58. The molecule has 0 amide bonds. The summed E-state index contributed by atoms with van der Waals surface area (Å²) in [6, 6.07) is 0.376. The number of hydrogen-bond acceptors (Lipinski definition) is 3. The van der Waals surface area contributed by atoms with Crippen LogP contribution in [0.3, 0.4) is 0 Å². The van der Waals surface area contributed by atoms with Crippen LogP contribution in [0.15, 0.2) is 0 Å². The quantitative estimate of drug-likeness (QED) is 0.659. The molecule has 0 spiro atoms. The molecular formula is C10H23NO2. The van der Waals surface area contributed by atoms with Crippen molar-refractivity contribution in [2.75, 3.05) is 13.7 Å². The Morgan fingerprint density at radius 1 is 1.38 bits per heavy atom. The first-order chi connectivity index (χ1) is 5.93. The summed E-state index contributed by atoms with van der Waals surface area (Å²) in [5.74, 6) is 0. The van der Waals surface area contributed by atoms with Crippen LogP contribution in [0.4, 0.5) is 0 Å². The van der Waals surface area contributed by atoms with Gasteiger partial charge in [-0.25, -0.2) is 0 Å². The average molecular weight is 189 g/mol. The normalized spacial score (nSPS) is 18.7. The second kappa shape index (κ2) is 5.58. The highest BCUT2D eigenvalue weighted by atomic mass is 16.5. The minimum Gasteiger partial charge on any atom is -0.394 e. The van der Waals surface area contributed by atoms with Crippen molar-refractivity contribution in [3.8, 4) is 0 Å². The van der Waals surface area contributed by atoms with Gasteiger partial charge < -0.3 is 15.2 Å². The predicted octanol–water partition coefficient (Wildman–Crippen LogP) is 1.16. The molecule has 0 aromatic rings. The lowest BCUT2D eigenvalue weighted by atomic mass is 9.95. The number of aliphatic hydroxyl groups is 1. The third-order valence-corrected chi connectivity index (χ3v) is 2.13. The standard InChI is InChI=1S/C10H23NO2/c1-8(2)11-10(4,7-12)6-9(3)13-5/h8-9,11-12H,6-7H2,1-5H3. The zero-order valence-electron chi connectivity index (χ0n) is 9.42. The van der Waals surface area contributed by atoms with Gasteiger partial charge in [-0.2, -0.15) is 0 Å². The number of aliphatic hydroxyl groups excluding tert-OH is 1. The van der Waals surface area contributed by atoms with Crippen LogP contribution in [-0.2, 0) is 4.74 Å². The highest BCUT2D eigenvalue weighted by molar-refractivity contribution is 4.85. The Balaban J connectivity index is 4.10. The fraction of sp³-hybridized carbons (Fsp3) is 1.00.